The van der Waals surface area contributed by atoms with E-state index in [-0.39, 0.29) is 11.8 Å². The summed E-state index contributed by atoms with van der Waals surface area (Å²) in [6, 6.07) is 2.32. The van der Waals surface area contributed by atoms with Crippen molar-refractivity contribution in [1.82, 2.24) is 5.32 Å². The first-order valence-electron chi connectivity index (χ1n) is 6.26. The van der Waals surface area contributed by atoms with Gasteiger partial charge >= 0.3 is 0 Å². The minimum atomic E-state index is -0.590. The highest BCUT2D eigenvalue weighted by molar-refractivity contribution is 5.79. The van der Waals surface area contributed by atoms with Crippen LogP contribution in [0.15, 0.2) is 0 Å². The fourth-order valence-corrected chi connectivity index (χ4v) is 2.22. The second-order valence-electron chi connectivity index (χ2n) is 5.19. The lowest BCUT2D eigenvalue weighted by Crippen LogP contribution is -2.50. The molecule has 0 atom stereocenters. The first kappa shape index (κ1) is 13.0. The van der Waals surface area contributed by atoms with Gasteiger partial charge in [-0.25, -0.2) is 0 Å². The summed E-state index contributed by atoms with van der Waals surface area (Å²) in [4.78, 5) is 11.7. The highest BCUT2D eigenvalue weighted by Crippen LogP contribution is 2.33. The second kappa shape index (κ2) is 5.34. The minimum absolute atomic E-state index is 0.00324. The molecule has 3 heteroatoms. The molecule has 1 N–H and O–H groups in total. The summed E-state index contributed by atoms with van der Waals surface area (Å²) in [6.45, 7) is 5.91. The van der Waals surface area contributed by atoms with E-state index in [9.17, 15) is 10.1 Å². The van der Waals surface area contributed by atoms with Crippen LogP contribution in [0.1, 0.15) is 52.9 Å². The van der Waals surface area contributed by atoms with Gasteiger partial charge in [-0.1, -0.05) is 27.2 Å². The number of hydrogen-bond acceptors (Lipinski definition) is 2. The molecule has 0 aromatic heterocycles. The summed E-state index contributed by atoms with van der Waals surface area (Å²) >= 11 is 0. The van der Waals surface area contributed by atoms with E-state index >= 15 is 0 Å². The van der Waals surface area contributed by atoms with Gasteiger partial charge in [-0.15, -0.1) is 0 Å². The minimum Gasteiger partial charge on any atom is -0.338 e. The molecule has 0 bridgehead atoms. The Labute approximate surface area is 98.2 Å². The molecule has 0 radical (unpaired) electrons. The number of carbonyl (C=O) groups is 1. The summed E-state index contributed by atoms with van der Waals surface area (Å²) in [7, 11) is 0. The van der Waals surface area contributed by atoms with Crippen molar-refractivity contribution >= 4 is 5.91 Å². The second-order valence-corrected chi connectivity index (χ2v) is 5.19. The average Bonchev–Trinajstić information content (AvgIpc) is 2.29. The number of rotatable bonds is 3. The van der Waals surface area contributed by atoms with Crippen LogP contribution < -0.4 is 5.32 Å². The van der Waals surface area contributed by atoms with Crippen LogP contribution in [0.2, 0.25) is 0 Å². The Bertz CT molecular complexity index is 283. The largest absolute Gasteiger partial charge is 0.338 e. The lowest BCUT2D eigenvalue weighted by molar-refractivity contribution is -0.125. The van der Waals surface area contributed by atoms with E-state index in [1.54, 1.807) is 0 Å². The number of nitrogens with zero attached hydrogens (tertiary/aromatic N) is 1. The van der Waals surface area contributed by atoms with E-state index in [1.807, 2.05) is 13.8 Å². The van der Waals surface area contributed by atoms with Crippen molar-refractivity contribution in [2.24, 2.45) is 11.8 Å². The van der Waals surface area contributed by atoms with Gasteiger partial charge in [0, 0.05) is 5.92 Å². The van der Waals surface area contributed by atoms with Gasteiger partial charge in [0.25, 0.3) is 0 Å². The molecule has 1 amide bonds. The summed E-state index contributed by atoms with van der Waals surface area (Å²) < 4.78 is 0. The number of nitriles is 1. The van der Waals surface area contributed by atoms with Gasteiger partial charge in [-0.3, -0.25) is 4.79 Å². The molecule has 0 saturated heterocycles. The lowest BCUT2D eigenvalue weighted by Gasteiger charge is -2.35. The van der Waals surface area contributed by atoms with Crippen molar-refractivity contribution in [3.8, 4) is 6.07 Å². The predicted octanol–water partition coefficient (Wildman–Crippen LogP) is 2.62. The molecule has 0 spiro atoms. The van der Waals surface area contributed by atoms with Crippen LogP contribution in [0, 0.1) is 23.2 Å². The normalized spacial score (nSPS) is 29.8. The first-order valence-corrected chi connectivity index (χ1v) is 6.26. The van der Waals surface area contributed by atoms with Crippen LogP contribution in [-0.4, -0.2) is 11.4 Å². The van der Waals surface area contributed by atoms with Crippen molar-refractivity contribution in [2.45, 2.75) is 58.4 Å². The topological polar surface area (TPSA) is 52.9 Å². The number of nitrogens with one attached hydrogen (secondary N) is 1. The van der Waals surface area contributed by atoms with E-state index in [0.29, 0.717) is 0 Å². The number of amides is 1. The maximum atomic E-state index is 11.7. The van der Waals surface area contributed by atoms with Gasteiger partial charge in [0.1, 0.15) is 5.54 Å². The quantitative estimate of drug-likeness (QED) is 0.798. The van der Waals surface area contributed by atoms with Gasteiger partial charge in [0.2, 0.25) is 5.91 Å². The van der Waals surface area contributed by atoms with Crippen molar-refractivity contribution < 1.29 is 4.79 Å². The third-order valence-corrected chi connectivity index (χ3v) is 3.64. The molecule has 1 aliphatic rings. The van der Waals surface area contributed by atoms with Crippen LogP contribution in [0.25, 0.3) is 0 Å². The Morgan fingerprint density at radius 2 is 2.06 bits per heavy atom. The van der Waals surface area contributed by atoms with E-state index in [2.05, 4.69) is 18.3 Å². The third-order valence-electron chi connectivity index (χ3n) is 3.64. The summed E-state index contributed by atoms with van der Waals surface area (Å²) in [5.74, 6) is 0.683. The highest BCUT2D eigenvalue weighted by Gasteiger charge is 2.36. The van der Waals surface area contributed by atoms with Crippen LogP contribution in [0.5, 0.6) is 0 Å². The first-order chi connectivity index (χ1) is 7.53. The smallest absolute Gasteiger partial charge is 0.223 e. The molecule has 0 aromatic carbocycles. The Kier molecular flexibility index (Phi) is 4.35. The van der Waals surface area contributed by atoms with Crippen LogP contribution in [0.3, 0.4) is 0 Å². The Morgan fingerprint density at radius 1 is 1.50 bits per heavy atom. The van der Waals surface area contributed by atoms with Gasteiger partial charge in [-0.2, -0.15) is 5.26 Å². The van der Waals surface area contributed by atoms with Gasteiger partial charge in [-0.05, 0) is 31.6 Å². The summed E-state index contributed by atoms with van der Waals surface area (Å²) in [5.41, 5.74) is -0.590. The van der Waals surface area contributed by atoms with Gasteiger partial charge in [0.15, 0.2) is 0 Å². The zero-order chi connectivity index (χ0) is 12.2. The molecule has 1 saturated carbocycles. The van der Waals surface area contributed by atoms with Crippen LogP contribution >= 0.6 is 0 Å². The van der Waals surface area contributed by atoms with Crippen molar-refractivity contribution in [1.29, 1.82) is 5.26 Å². The molecule has 16 heavy (non-hydrogen) atoms. The van der Waals surface area contributed by atoms with Gasteiger partial charge < -0.3 is 5.32 Å². The van der Waals surface area contributed by atoms with Crippen LogP contribution in [0.4, 0.5) is 0 Å². The van der Waals surface area contributed by atoms with Crippen molar-refractivity contribution in [3.05, 3.63) is 0 Å². The maximum absolute atomic E-state index is 11.7. The molecule has 1 rings (SSSR count). The monoisotopic (exact) mass is 222 g/mol. The molecule has 1 fully saturated rings. The molecule has 90 valence electrons. The predicted molar refractivity (Wildman–Crippen MR) is 63.6 cm³/mol. The molecule has 0 aromatic rings. The third kappa shape index (κ3) is 2.98. The lowest BCUT2D eigenvalue weighted by atomic mass is 9.76. The SMILES string of the molecule is CCC1CCC(C#N)(NC(=O)C(C)C)CC1. The summed E-state index contributed by atoms with van der Waals surface area (Å²) in [5, 5.41) is 12.2. The highest BCUT2D eigenvalue weighted by atomic mass is 16.2. The number of hydrogen-bond donors (Lipinski definition) is 1. The molecule has 0 unspecified atom stereocenters. The van der Waals surface area contributed by atoms with Gasteiger partial charge in [0.05, 0.1) is 6.07 Å². The molecular weight excluding hydrogens is 200 g/mol. The van der Waals surface area contributed by atoms with Crippen molar-refractivity contribution in [3.63, 3.8) is 0 Å². The summed E-state index contributed by atoms with van der Waals surface area (Å²) in [6.07, 6.45) is 4.91. The van der Waals surface area contributed by atoms with E-state index in [1.165, 1.54) is 6.42 Å². The zero-order valence-corrected chi connectivity index (χ0v) is 10.5. The molecule has 1 aliphatic carbocycles. The fraction of sp³-hybridized carbons (Fsp3) is 0.846. The Hall–Kier alpha value is -1.04. The van der Waals surface area contributed by atoms with E-state index < -0.39 is 5.54 Å². The maximum Gasteiger partial charge on any atom is 0.223 e. The Morgan fingerprint density at radius 3 is 2.44 bits per heavy atom. The molecular formula is C13H22N2O. The molecule has 0 aliphatic heterocycles. The fourth-order valence-electron chi connectivity index (χ4n) is 2.22. The average molecular weight is 222 g/mol. The number of carbonyl (C=O) groups excluding carboxylic acids is 1. The van der Waals surface area contributed by atoms with Crippen LogP contribution in [-0.2, 0) is 4.79 Å². The zero-order valence-electron chi connectivity index (χ0n) is 10.5. The molecule has 3 nitrogen and oxygen atoms in total. The standard InChI is InChI=1S/C13H22N2O/c1-4-11-5-7-13(9-14,8-6-11)15-12(16)10(2)3/h10-11H,4-8H2,1-3H3,(H,15,16). The Balaban J connectivity index is 2.60. The van der Waals surface area contributed by atoms with E-state index in [4.69, 9.17) is 0 Å². The molecule has 0 heterocycles. The van der Waals surface area contributed by atoms with E-state index in [0.717, 1.165) is 31.6 Å². The van der Waals surface area contributed by atoms with Crippen molar-refractivity contribution in [2.75, 3.05) is 0 Å².